The number of amides is 1. The van der Waals surface area contributed by atoms with Crippen LogP contribution in [0.1, 0.15) is 146 Å². The molecule has 6 heteroatoms. The Morgan fingerprint density at radius 1 is 0.810 bits per heavy atom. The van der Waals surface area contributed by atoms with Gasteiger partial charge in [-0.1, -0.05) is 103 Å². The first-order chi connectivity index (χ1) is 20.3. The zero-order valence-corrected chi connectivity index (χ0v) is 27.4. The Morgan fingerprint density at radius 3 is 1.95 bits per heavy atom. The third kappa shape index (κ3) is 6.39. The van der Waals surface area contributed by atoms with Gasteiger partial charge in [0.2, 0.25) is 5.91 Å². The maximum absolute atomic E-state index is 15.0. The molecule has 2 aliphatic carbocycles. The number of fused-ring (bicyclic) bond motifs is 1. The number of likely N-dealkylation sites (tertiary alicyclic amines) is 1. The van der Waals surface area contributed by atoms with E-state index in [0.717, 1.165) is 69.8 Å². The third-order valence-corrected chi connectivity index (χ3v) is 11.6. The smallest absolute Gasteiger partial charge is 0.228 e. The van der Waals surface area contributed by atoms with Crippen LogP contribution in [0.3, 0.4) is 0 Å². The average molecular weight is 599 g/mol. The van der Waals surface area contributed by atoms with Crippen molar-refractivity contribution in [3.63, 3.8) is 0 Å². The van der Waals surface area contributed by atoms with Gasteiger partial charge in [0.05, 0.1) is 11.5 Å². The van der Waals surface area contributed by atoms with Crippen molar-refractivity contribution in [3.8, 4) is 0 Å². The Labute approximate surface area is 259 Å². The fraction of sp³-hybridized carbons (Fsp3) is 0.750. The van der Waals surface area contributed by atoms with Crippen LogP contribution >= 0.6 is 11.6 Å². The minimum atomic E-state index is -0.760. The second-order valence-electron chi connectivity index (χ2n) is 13.3. The van der Waals surface area contributed by atoms with Gasteiger partial charge in [0.1, 0.15) is 5.54 Å². The number of β-lactam (4-membered cyclic amide) rings is 1. The zero-order valence-electron chi connectivity index (χ0n) is 26.7. The number of ketones is 2. The van der Waals surface area contributed by atoms with E-state index in [1.807, 2.05) is 24.3 Å². The third-order valence-electron chi connectivity index (χ3n) is 11.3. The summed E-state index contributed by atoms with van der Waals surface area (Å²) in [7, 11) is 0. The number of rotatable bonds is 12. The molecule has 1 heterocycles. The predicted octanol–water partition coefficient (Wildman–Crippen LogP) is 8.40. The highest BCUT2D eigenvalue weighted by Gasteiger charge is 2.58. The van der Waals surface area contributed by atoms with Crippen LogP contribution in [0.5, 0.6) is 0 Å². The summed E-state index contributed by atoms with van der Waals surface area (Å²) in [6.07, 6.45) is 15.3. The number of Topliss-reactive ketones (excluding diaryl/α,β-unsaturated/α-hetero) is 2. The molecule has 42 heavy (non-hydrogen) atoms. The summed E-state index contributed by atoms with van der Waals surface area (Å²) in [4.78, 5) is 44.9. The Balaban J connectivity index is 1.66. The van der Waals surface area contributed by atoms with Crippen molar-refractivity contribution >= 4 is 29.1 Å². The first-order valence-corrected chi connectivity index (χ1v) is 17.7. The van der Waals surface area contributed by atoms with Crippen molar-refractivity contribution in [2.24, 2.45) is 11.8 Å². The largest absolute Gasteiger partial charge is 0.326 e. The van der Waals surface area contributed by atoms with Gasteiger partial charge in [-0.25, -0.2) is 0 Å². The SMILES string of the molecule is CCC(CC)(N[C@H]1CCCCCC[C@H]1C(=O)C(CC)(CC)N1C(=O)[C@@H]2CCCCCC[C@@H]21)C(=O)c1ccc(CCl)cc1. The van der Waals surface area contributed by atoms with Gasteiger partial charge in [-0.15, -0.1) is 11.6 Å². The monoisotopic (exact) mass is 598 g/mol. The van der Waals surface area contributed by atoms with Gasteiger partial charge in [-0.3, -0.25) is 14.4 Å². The predicted molar refractivity (Wildman–Crippen MR) is 172 cm³/mol. The lowest BCUT2D eigenvalue weighted by atomic mass is 9.68. The van der Waals surface area contributed by atoms with Gasteiger partial charge in [0, 0.05) is 29.4 Å². The summed E-state index contributed by atoms with van der Waals surface area (Å²) in [5.41, 5.74) is 0.173. The number of carbonyl (C=O) groups excluding carboxylic acids is 3. The molecule has 0 bridgehead atoms. The van der Waals surface area contributed by atoms with Crippen molar-refractivity contribution in [1.29, 1.82) is 0 Å². The maximum atomic E-state index is 15.0. The Bertz CT molecular complexity index is 1060. The van der Waals surface area contributed by atoms with Crippen LogP contribution in [0, 0.1) is 11.8 Å². The number of hydrogen-bond donors (Lipinski definition) is 1. The van der Waals surface area contributed by atoms with E-state index in [1.165, 1.54) is 12.8 Å². The number of benzene rings is 1. The fourth-order valence-electron chi connectivity index (χ4n) is 8.44. The summed E-state index contributed by atoms with van der Waals surface area (Å²) < 4.78 is 0. The number of nitrogens with one attached hydrogen (secondary N) is 1. The molecule has 4 rings (SSSR count). The van der Waals surface area contributed by atoms with E-state index in [4.69, 9.17) is 11.6 Å². The number of nitrogens with zero attached hydrogens (tertiary/aromatic N) is 1. The van der Waals surface area contributed by atoms with Gasteiger partial charge < -0.3 is 10.2 Å². The minimum Gasteiger partial charge on any atom is -0.326 e. The van der Waals surface area contributed by atoms with E-state index in [9.17, 15) is 9.59 Å². The Hall–Kier alpha value is -1.72. The van der Waals surface area contributed by atoms with E-state index in [2.05, 4.69) is 37.9 Å². The molecule has 1 N–H and O–H groups in total. The maximum Gasteiger partial charge on any atom is 0.228 e. The lowest BCUT2D eigenvalue weighted by Gasteiger charge is -2.58. The highest BCUT2D eigenvalue weighted by molar-refractivity contribution is 6.17. The summed E-state index contributed by atoms with van der Waals surface area (Å²) in [5, 5.41) is 3.88. The van der Waals surface area contributed by atoms with Gasteiger partial charge in [0.15, 0.2) is 11.6 Å². The highest BCUT2D eigenvalue weighted by atomic mass is 35.5. The minimum absolute atomic E-state index is 0.0919. The topological polar surface area (TPSA) is 66.5 Å². The summed E-state index contributed by atoms with van der Waals surface area (Å²) >= 11 is 6.01. The van der Waals surface area contributed by atoms with Gasteiger partial charge in [-0.05, 0) is 56.9 Å². The summed E-state index contributed by atoms with van der Waals surface area (Å²) in [6, 6.07) is 7.76. The highest BCUT2D eigenvalue weighted by Crippen LogP contribution is 2.46. The molecule has 3 fully saturated rings. The number of hydrogen-bond acceptors (Lipinski definition) is 4. The van der Waals surface area contributed by atoms with E-state index in [-0.39, 0.29) is 41.4 Å². The molecule has 1 aliphatic heterocycles. The first kappa shape index (κ1) is 33.2. The molecule has 0 spiro atoms. The molecule has 3 aliphatic rings. The van der Waals surface area contributed by atoms with E-state index in [1.54, 1.807) is 0 Å². The van der Waals surface area contributed by atoms with Crippen LogP contribution in [0.2, 0.25) is 0 Å². The van der Waals surface area contributed by atoms with Crippen molar-refractivity contribution in [1.82, 2.24) is 10.2 Å². The molecule has 4 atom stereocenters. The molecule has 1 aromatic carbocycles. The summed E-state index contributed by atoms with van der Waals surface area (Å²) in [5.74, 6) is 0.840. The molecular formula is C36H55ClN2O3. The van der Waals surface area contributed by atoms with Crippen LogP contribution < -0.4 is 5.32 Å². The van der Waals surface area contributed by atoms with Crippen LogP contribution in [-0.2, 0) is 15.5 Å². The van der Waals surface area contributed by atoms with Crippen LogP contribution in [0.15, 0.2) is 24.3 Å². The molecule has 1 aromatic rings. The second kappa shape index (κ2) is 14.8. The molecule has 5 nitrogen and oxygen atoms in total. The van der Waals surface area contributed by atoms with Gasteiger partial charge >= 0.3 is 0 Å². The lowest BCUT2D eigenvalue weighted by Crippen LogP contribution is -2.73. The van der Waals surface area contributed by atoms with Gasteiger partial charge in [0.25, 0.3) is 0 Å². The zero-order chi connectivity index (χ0) is 30.3. The lowest BCUT2D eigenvalue weighted by molar-refractivity contribution is -0.178. The average Bonchev–Trinajstić information content (AvgIpc) is 3.00. The molecule has 2 saturated carbocycles. The molecule has 234 valence electrons. The molecule has 0 aromatic heterocycles. The molecule has 0 unspecified atom stereocenters. The first-order valence-electron chi connectivity index (χ1n) is 17.2. The van der Waals surface area contributed by atoms with Crippen molar-refractivity contribution in [2.75, 3.05) is 0 Å². The fourth-order valence-corrected chi connectivity index (χ4v) is 8.62. The molecule has 0 radical (unpaired) electrons. The van der Waals surface area contributed by atoms with E-state index < -0.39 is 11.1 Å². The molecular weight excluding hydrogens is 544 g/mol. The summed E-state index contributed by atoms with van der Waals surface area (Å²) in [6.45, 7) is 8.37. The van der Waals surface area contributed by atoms with Crippen molar-refractivity contribution < 1.29 is 14.4 Å². The van der Waals surface area contributed by atoms with Crippen LogP contribution in [-0.4, -0.2) is 45.5 Å². The Morgan fingerprint density at radius 2 is 1.38 bits per heavy atom. The van der Waals surface area contributed by atoms with E-state index in [0.29, 0.717) is 37.1 Å². The second-order valence-corrected chi connectivity index (χ2v) is 13.5. The van der Waals surface area contributed by atoms with Crippen LogP contribution in [0.4, 0.5) is 0 Å². The van der Waals surface area contributed by atoms with Gasteiger partial charge in [-0.2, -0.15) is 0 Å². The van der Waals surface area contributed by atoms with E-state index >= 15 is 4.79 Å². The van der Waals surface area contributed by atoms with Crippen molar-refractivity contribution in [3.05, 3.63) is 35.4 Å². The quantitative estimate of drug-likeness (QED) is 0.149. The number of carbonyl (C=O) groups is 3. The number of alkyl halides is 1. The van der Waals surface area contributed by atoms with Crippen molar-refractivity contribution in [2.45, 2.75) is 159 Å². The molecule has 1 amide bonds. The number of halogens is 1. The standard InChI is InChI=1S/C36H55ClN2O3/c1-5-35(6-2,32(40)27-23-21-26(25-37)22-24-27)38-30-19-15-11-9-13-17-28(30)33(41)36(7-3,8-4)39-31-20-16-12-10-14-18-29(31)34(39)42/h21-24,28-31,38H,5-20,25H2,1-4H3/t28-,29-,30+,31+/m1/s1. The Kier molecular flexibility index (Phi) is 11.7. The normalized spacial score (nSPS) is 25.8. The van der Waals surface area contributed by atoms with Crippen LogP contribution in [0.25, 0.3) is 0 Å². The molecule has 1 saturated heterocycles.